The Morgan fingerprint density at radius 3 is 0.786 bits per heavy atom. The number of hydrogen-bond donors (Lipinski definition) is 0. The number of aromatic nitrogens is 2. The predicted molar refractivity (Wildman–Crippen MR) is 509 cm³/mol. The summed E-state index contributed by atoms with van der Waals surface area (Å²) in [5.41, 5.74) is 29.2. The molecule has 4 nitrogen and oxygen atoms in total. The van der Waals surface area contributed by atoms with Gasteiger partial charge in [0.15, 0.2) is 0 Å². The van der Waals surface area contributed by atoms with Gasteiger partial charge in [0.05, 0.1) is 33.4 Å². The lowest BCUT2D eigenvalue weighted by molar-refractivity contribution is 0.411. The molecule has 0 amide bonds. The lowest BCUT2D eigenvalue weighted by Gasteiger charge is -2.46. The first-order valence-electron chi connectivity index (χ1n) is 44.7. The van der Waals surface area contributed by atoms with Crippen LogP contribution in [0.2, 0.25) is 0 Å². The zero-order valence-corrected chi connectivity index (χ0v) is 73.1. The predicted octanol–water partition coefficient (Wildman–Crippen LogP) is 29.5. The molecule has 0 spiro atoms. The van der Waals surface area contributed by atoms with E-state index in [-0.39, 0.29) is 28.4 Å². The molecule has 0 saturated heterocycles. The van der Waals surface area contributed by atoms with Crippen LogP contribution in [0.1, 0.15) is 190 Å². The number of fused-ring (bicyclic) bond motifs is 10. The monoisotopic (exact) mass is 1530 g/mol. The first-order valence-corrected chi connectivity index (χ1v) is 42.7. The van der Waals surface area contributed by atoms with E-state index in [4.69, 9.17) is 0 Å². The first-order chi connectivity index (χ1) is 56.9. The lowest BCUT2D eigenvalue weighted by atomic mass is 9.33. The highest BCUT2D eigenvalue weighted by Gasteiger charge is 2.47. The molecule has 15 aromatic rings. The summed E-state index contributed by atoms with van der Waals surface area (Å²) >= 11 is 0. The Labute approximate surface area is 704 Å². The summed E-state index contributed by atoms with van der Waals surface area (Å²) in [5, 5.41) is 4.93. The number of hydrogen-bond acceptors (Lipinski definition) is 2. The Morgan fingerprint density at radius 1 is 0.265 bits per heavy atom. The van der Waals surface area contributed by atoms with E-state index < -0.39 is 29.0 Å². The molecular formula is C112H119BN4. The normalized spacial score (nSPS) is 14.2. The topological polar surface area (TPSA) is 16.3 Å². The van der Waals surface area contributed by atoms with Crippen molar-refractivity contribution in [2.24, 2.45) is 32.5 Å². The second-order valence-corrected chi connectivity index (χ2v) is 41.8. The Bertz CT molecular complexity index is 5900. The summed E-state index contributed by atoms with van der Waals surface area (Å²) in [4.78, 5) is 5.24. The van der Waals surface area contributed by atoms with Gasteiger partial charge in [0.2, 0.25) is 0 Å². The smallest absolute Gasteiger partial charge is 0.252 e. The van der Waals surface area contributed by atoms with Crippen molar-refractivity contribution in [1.82, 2.24) is 9.13 Å². The van der Waals surface area contributed by atoms with Crippen LogP contribution in [0.5, 0.6) is 0 Å². The van der Waals surface area contributed by atoms with E-state index in [1.807, 2.05) is 41.5 Å². The molecular weight excluding hydrogens is 1410 g/mol. The van der Waals surface area contributed by atoms with E-state index in [0.717, 1.165) is 160 Å². The highest BCUT2D eigenvalue weighted by Crippen LogP contribution is 2.56. The van der Waals surface area contributed by atoms with Crippen molar-refractivity contribution >= 4 is 101 Å². The van der Waals surface area contributed by atoms with Crippen molar-refractivity contribution in [3.63, 3.8) is 0 Å². The molecule has 4 heterocycles. The minimum Gasteiger partial charge on any atom is -0.310 e. The van der Waals surface area contributed by atoms with Crippen molar-refractivity contribution in [2.45, 2.75) is 189 Å². The molecule has 117 heavy (non-hydrogen) atoms. The molecule has 0 fully saturated rings. The molecule has 0 atom stereocenters. The average Bonchev–Trinajstić information content (AvgIpc) is 0.774. The number of benzene rings is 13. The largest absolute Gasteiger partial charge is 0.310 e. The second-order valence-electron chi connectivity index (χ2n) is 41.8. The van der Waals surface area contributed by atoms with Gasteiger partial charge in [0, 0.05) is 83.4 Å². The summed E-state index contributed by atoms with van der Waals surface area (Å²) in [6, 6.07) is 100. The van der Waals surface area contributed by atoms with Crippen LogP contribution in [0.4, 0.5) is 34.1 Å². The van der Waals surface area contributed by atoms with Crippen LogP contribution in [0.25, 0.3) is 99.5 Å². The maximum absolute atomic E-state index is 10.4. The summed E-state index contributed by atoms with van der Waals surface area (Å²) in [5.74, 6) is 0. The Hall–Kier alpha value is -10.9. The fraction of sp³-hybridized carbons (Fsp3) is 0.304. The highest BCUT2D eigenvalue weighted by atomic mass is 15.2. The molecule has 0 unspecified atom stereocenters. The molecule has 5 heteroatoms. The van der Waals surface area contributed by atoms with Gasteiger partial charge in [-0.1, -0.05) is 303 Å². The number of nitrogens with zero attached hydrogens (tertiary/aromatic N) is 4. The van der Waals surface area contributed by atoms with Gasteiger partial charge in [-0.15, -0.1) is 0 Å². The molecule has 0 aliphatic carbocycles. The lowest BCUT2D eigenvalue weighted by Crippen LogP contribution is -2.61. The van der Waals surface area contributed by atoms with Crippen molar-refractivity contribution in [1.29, 1.82) is 0 Å². The van der Waals surface area contributed by atoms with E-state index in [2.05, 4.69) is 390 Å². The fourth-order valence-corrected chi connectivity index (χ4v) is 19.0. The van der Waals surface area contributed by atoms with Gasteiger partial charge in [-0.3, -0.25) is 0 Å². The Balaban J connectivity index is 1.07. The van der Waals surface area contributed by atoms with Gasteiger partial charge in [0.1, 0.15) is 0 Å². The van der Waals surface area contributed by atoms with Gasteiger partial charge in [-0.05, 0) is 263 Å². The van der Waals surface area contributed by atoms with Crippen LogP contribution in [-0.4, -0.2) is 15.8 Å². The number of rotatable bonds is 14. The van der Waals surface area contributed by atoms with Crippen LogP contribution in [-0.2, 0) is 43.8 Å². The molecule has 0 bridgehead atoms. The Morgan fingerprint density at radius 2 is 0.538 bits per heavy atom. The summed E-state index contributed by atoms with van der Waals surface area (Å²) in [6.45, 7) is 46.8. The molecule has 17 rings (SSSR count). The third-order valence-electron chi connectivity index (χ3n) is 23.2. The summed E-state index contributed by atoms with van der Waals surface area (Å²) < 4.78 is 46.5. The molecule has 0 radical (unpaired) electrons. The minimum absolute atomic E-state index is 0.0654. The summed E-state index contributed by atoms with van der Waals surface area (Å²) in [6.07, 6.45) is 0.157. The van der Waals surface area contributed by atoms with Crippen LogP contribution in [0.3, 0.4) is 0 Å². The van der Waals surface area contributed by atoms with Crippen LogP contribution >= 0.6 is 0 Å². The molecule has 13 aromatic carbocycles. The third-order valence-corrected chi connectivity index (χ3v) is 23.2. The van der Waals surface area contributed by atoms with Crippen molar-refractivity contribution in [2.75, 3.05) is 9.80 Å². The molecule has 0 saturated carbocycles. The second kappa shape index (κ2) is 29.0. The van der Waals surface area contributed by atoms with Crippen molar-refractivity contribution in [3.05, 3.63) is 306 Å². The average molecular weight is 1540 g/mol. The van der Waals surface area contributed by atoms with Gasteiger partial charge >= 0.3 is 0 Å². The van der Waals surface area contributed by atoms with Gasteiger partial charge < -0.3 is 18.9 Å². The number of anilines is 6. The van der Waals surface area contributed by atoms with Gasteiger partial charge in [-0.2, -0.15) is 0 Å². The van der Waals surface area contributed by atoms with E-state index in [1.165, 1.54) is 43.8 Å². The van der Waals surface area contributed by atoms with E-state index in [1.54, 1.807) is 0 Å². The summed E-state index contributed by atoms with van der Waals surface area (Å²) in [7, 11) is 0. The molecule has 2 aliphatic rings. The highest BCUT2D eigenvalue weighted by molar-refractivity contribution is 7.00. The third kappa shape index (κ3) is 15.7. The SMILES string of the molecule is [2H]C([2H])(c1cc(-c2ccccc2)c(N2c3cc(-n4c5ccc(CC(C)(C)C)cc5c5cc(CC(C)(C)C)ccc54)ccc3B3c4ccc(-n5c6ccc(CC(C)(C)C)cc6c6cc(CC(C)(C)C)ccc65)cc4N(c4c(-c5ccccc5)cc(C([2H])([2H])C(C)(C)C)cc4-c4ccccc4)c4cc(C(C)(C)C)cc2c43)c(-c2ccccc2)c1)C(C)(C)C. The van der Waals surface area contributed by atoms with Gasteiger partial charge in [-0.25, -0.2) is 0 Å². The van der Waals surface area contributed by atoms with Crippen molar-refractivity contribution in [3.8, 4) is 55.9 Å². The van der Waals surface area contributed by atoms with E-state index in [0.29, 0.717) is 11.1 Å². The zero-order valence-electron chi connectivity index (χ0n) is 77.1. The molecule has 2 aliphatic heterocycles. The fourth-order valence-electron chi connectivity index (χ4n) is 19.0. The van der Waals surface area contributed by atoms with Crippen LogP contribution < -0.4 is 26.2 Å². The zero-order chi connectivity index (χ0) is 86.0. The minimum atomic E-state index is -1.79. The maximum Gasteiger partial charge on any atom is 0.252 e. The molecule has 2 aromatic heterocycles. The van der Waals surface area contributed by atoms with Crippen LogP contribution in [0, 0.1) is 32.5 Å². The van der Waals surface area contributed by atoms with Gasteiger partial charge in [0.25, 0.3) is 6.71 Å². The quantitative estimate of drug-likeness (QED) is 0.101. The molecule has 590 valence electrons. The van der Waals surface area contributed by atoms with E-state index in [9.17, 15) is 5.48 Å². The Kier molecular flexibility index (Phi) is 18.3. The van der Waals surface area contributed by atoms with E-state index >= 15 is 0 Å². The van der Waals surface area contributed by atoms with Crippen LogP contribution in [0.15, 0.2) is 267 Å². The first kappa shape index (κ1) is 73.7. The molecule has 0 N–H and O–H groups in total. The maximum atomic E-state index is 10.4. The van der Waals surface area contributed by atoms with Crippen molar-refractivity contribution < 1.29 is 5.48 Å². The standard InChI is InChI=1S/C112H119BN4/c1-106(2,3)66-72-42-50-95-89(54-72)90-55-73(67-107(4,5)6)43-51-96(90)114(95)83-46-48-93-99(64-83)116(104-85(78-34-26-22-27-35-78)58-76(70-110(13,14)15)59-86(104)79-36-28-23-29-37-79)101-62-82(112(19,20)21)63-102-103(101)113(93)94-49-47-84(115-97-52-44-74(68-108(7,8)9)56-91(97)92-57-75(45-53-98(92)115)69-109(10,11)12)65-100(94)117(102)105-87(80-38-30-24-31-39-80)60-77(71-111(16,17)18)61-88(105)81-40-32-25-33-41-81/h22-65H,66-71H2,1-21H3/i70D2,71D2.